The summed E-state index contributed by atoms with van der Waals surface area (Å²) in [6, 6.07) is 0. The van der Waals surface area contributed by atoms with Crippen molar-refractivity contribution in [2.45, 2.75) is 26.2 Å². The molecular weight excluding hydrogens is 136 g/mol. The van der Waals surface area contributed by atoms with Gasteiger partial charge in [-0.25, -0.2) is 0 Å². The van der Waals surface area contributed by atoms with E-state index in [1.54, 1.807) is 0 Å². The second-order valence-electron chi connectivity index (χ2n) is 2.78. The Labute approximate surface area is 67.1 Å². The van der Waals surface area contributed by atoms with Crippen LogP contribution in [0.4, 0.5) is 0 Å². The monoisotopic (exact) mass is 148 g/mol. The van der Waals surface area contributed by atoms with E-state index < -0.39 is 0 Å². The number of rotatable bonds is 1. The van der Waals surface area contributed by atoms with Crippen molar-refractivity contribution in [3.8, 4) is 0 Å². The Kier molecular flexibility index (Phi) is 2.45. The average Bonchev–Trinajstić information content (AvgIpc) is 1.99. The molecule has 0 aliphatic heterocycles. The second-order valence-corrected chi connectivity index (χ2v) is 2.78. The molecule has 0 spiro atoms. The van der Waals surface area contributed by atoms with Gasteiger partial charge >= 0.3 is 0 Å². The van der Waals surface area contributed by atoms with Crippen molar-refractivity contribution in [3.63, 3.8) is 0 Å². The van der Waals surface area contributed by atoms with E-state index in [1.165, 1.54) is 0 Å². The summed E-state index contributed by atoms with van der Waals surface area (Å²) in [7, 11) is 0. The molecule has 0 amide bonds. The second kappa shape index (κ2) is 3.36. The lowest BCUT2D eigenvalue weighted by atomic mass is 9.92. The molecule has 0 aromatic rings. The van der Waals surface area contributed by atoms with Gasteiger partial charge in [0.15, 0.2) is 5.78 Å². The Morgan fingerprint density at radius 1 is 1.55 bits per heavy atom. The fraction of sp³-hybridized carbons (Fsp3) is 0.400. The summed E-state index contributed by atoms with van der Waals surface area (Å²) >= 11 is 0. The fourth-order valence-corrected chi connectivity index (χ4v) is 1.30. The Morgan fingerprint density at radius 3 is 2.91 bits per heavy atom. The molecule has 0 bridgehead atoms. The van der Waals surface area contributed by atoms with E-state index in [2.05, 4.69) is 12.3 Å². The van der Waals surface area contributed by atoms with Gasteiger partial charge in [0, 0.05) is 6.42 Å². The van der Waals surface area contributed by atoms with E-state index in [1.807, 2.05) is 13.0 Å². The van der Waals surface area contributed by atoms with E-state index in [9.17, 15) is 4.79 Å². The Morgan fingerprint density at radius 2 is 2.27 bits per heavy atom. The molecule has 1 nitrogen and oxygen atoms in total. The van der Waals surface area contributed by atoms with E-state index in [0.29, 0.717) is 6.42 Å². The molecule has 0 saturated heterocycles. The van der Waals surface area contributed by atoms with Crippen molar-refractivity contribution < 1.29 is 4.79 Å². The molecule has 0 unspecified atom stereocenters. The van der Waals surface area contributed by atoms with Gasteiger partial charge in [0.05, 0.1) is 0 Å². The van der Waals surface area contributed by atoms with Crippen LogP contribution in [0.3, 0.4) is 0 Å². The van der Waals surface area contributed by atoms with Crippen LogP contribution in [-0.4, -0.2) is 5.78 Å². The predicted octanol–water partition coefficient (Wildman–Crippen LogP) is 2.40. The average molecular weight is 148 g/mol. The minimum absolute atomic E-state index is 0.276. The molecule has 1 rings (SSSR count). The van der Waals surface area contributed by atoms with Crippen LogP contribution in [0.25, 0.3) is 0 Å². The van der Waals surface area contributed by atoms with Crippen LogP contribution in [-0.2, 0) is 4.79 Å². The molecule has 58 valence electrons. The van der Waals surface area contributed by atoms with Crippen molar-refractivity contribution in [1.29, 1.82) is 0 Å². The first-order valence-corrected chi connectivity index (χ1v) is 3.84. The number of carbonyl (C=O) groups excluding carboxylic acids is 1. The number of hydrogen-bond acceptors (Lipinski definition) is 1. The van der Waals surface area contributed by atoms with Crippen molar-refractivity contribution in [2.24, 2.45) is 0 Å². The van der Waals surface area contributed by atoms with E-state index in [-0.39, 0.29) is 5.78 Å². The van der Waals surface area contributed by atoms with Gasteiger partial charge in [-0.3, -0.25) is 4.79 Å². The summed E-state index contributed by atoms with van der Waals surface area (Å²) in [6.45, 7) is 5.37. The molecule has 0 heterocycles. The van der Waals surface area contributed by atoms with Gasteiger partial charge in [0.2, 0.25) is 0 Å². The van der Waals surface area contributed by atoms with Gasteiger partial charge in [-0.1, -0.05) is 6.58 Å². The summed E-state index contributed by atoms with van der Waals surface area (Å²) in [4.78, 5) is 11.2. The lowest BCUT2D eigenvalue weighted by Crippen LogP contribution is -2.07. The van der Waals surface area contributed by atoms with Crippen LogP contribution in [0.15, 0.2) is 29.5 Å². The van der Waals surface area contributed by atoms with Crippen LogP contribution >= 0.6 is 0 Å². The van der Waals surface area contributed by atoms with Gasteiger partial charge in [-0.2, -0.15) is 0 Å². The van der Waals surface area contributed by atoms with Crippen molar-refractivity contribution in [2.75, 3.05) is 0 Å². The third kappa shape index (κ3) is 1.69. The molecule has 0 aromatic carbocycles. The number of hydrogen-bond donors (Lipinski definition) is 0. The van der Waals surface area contributed by atoms with Gasteiger partial charge in [0.25, 0.3) is 0 Å². The zero-order valence-corrected chi connectivity index (χ0v) is 6.81. The highest BCUT2D eigenvalue weighted by Crippen LogP contribution is 2.21. The maximum Gasteiger partial charge on any atom is 0.158 e. The van der Waals surface area contributed by atoms with Crippen LogP contribution in [0.2, 0.25) is 0 Å². The zero-order chi connectivity index (χ0) is 8.27. The van der Waals surface area contributed by atoms with Gasteiger partial charge in [0.1, 0.15) is 0 Å². The quantitative estimate of drug-likeness (QED) is 0.522. The first-order valence-electron chi connectivity index (χ1n) is 3.84. The molecule has 0 fully saturated rings. The normalized spacial score (nSPS) is 18.1. The van der Waals surface area contributed by atoms with Crippen LogP contribution in [0, 0.1) is 0 Å². The predicted molar refractivity (Wildman–Crippen MR) is 45.3 cm³/mol. The van der Waals surface area contributed by atoms with Gasteiger partial charge < -0.3 is 0 Å². The van der Waals surface area contributed by atoms with Crippen molar-refractivity contribution in [1.82, 2.24) is 0 Å². The smallest absolute Gasteiger partial charge is 0.158 e. The highest BCUT2D eigenvalue weighted by Gasteiger charge is 2.13. The highest BCUT2D eigenvalue weighted by atomic mass is 16.1. The van der Waals surface area contributed by atoms with E-state index >= 15 is 0 Å². The third-order valence-electron chi connectivity index (χ3n) is 2.03. The van der Waals surface area contributed by atoms with Crippen LogP contribution in [0.1, 0.15) is 26.2 Å². The molecular formula is C10H12O. The van der Waals surface area contributed by atoms with Crippen molar-refractivity contribution >= 4 is 5.78 Å². The highest BCUT2D eigenvalue weighted by molar-refractivity contribution is 5.96. The zero-order valence-electron chi connectivity index (χ0n) is 6.81. The summed E-state index contributed by atoms with van der Waals surface area (Å²) < 4.78 is 0. The minimum atomic E-state index is 0.276. The number of carbonyl (C=O) groups is 1. The molecule has 11 heavy (non-hydrogen) atoms. The summed E-state index contributed by atoms with van der Waals surface area (Å²) in [5, 5.41) is 0. The molecule has 0 atom stereocenters. The third-order valence-corrected chi connectivity index (χ3v) is 2.03. The maximum atomic E-state index is 11.2. The Hall–Kier alpha value is -1.07. The van der Waals surface area contributed by atoms with E-state index in [4.69, 9.17) is 0 Å². The lowest BCUT2D eigenvalue weighted by Gasteiger charge is -2.12. The maximum absolute atomic E-state index is 11.2. The van der Waals surface area contributed by atoms with Crippen LogP contribution in [0.5, 0.6) is 0 Å². The fourth-order valence-electron chi connectivity index (χ4n) is 1.30. The Balaban J connectivity index is 2.97. The molecule has 0 radical (unpaired) electrons. The molecule has 0 saturated carbocycles. The summed E-state index contributed by atoms with van der Waals surface area (Å²) in [5.74, 6) is 0.276. The molecule has 1 aliphatic carbocycles. The molecule has 0 N–H and O–H groups in total. The number of ketones is 1. The largest absolute Gasteiger partial charge is 0.295 e. The number of allylic oxidation sites excluding steroid dienone is 3. The summed E-state index contributed by atoms with van der Waals surface area (Å²) in [6.07, 6.45) is 4.50. The van der Waals surface area contributed by atoms with Gasteiger partial charge in [-0.15, -0.1) is 5.73 Å². The summed E-state index contributed by atoms with van der Waals surface area (Å²) in [5.41, 5.74) is 4.71. The van der Waals surface area contributed by atoms with E-state index in [0.717, 1.165) is 24.0 Å². The van der Waals surface area contributed by atoms with Crippen LogP contribution < -0.4 is 0 Å². The Bertz CT molecular complexity index is 252. The standard InChI is InChI=1S/C10H12O/c1-3-5-9-6-4-7-10(11)8(9)2/h5H,1,4,6-7H2,2H3. The van der Waals surface area contributed by atoms with Crippen molar-refractivity contribution in [3.05, 3.63) is 29.5 Å². The lowest BCUT2D eigenvalue weighted by molar-refractivity contribution is -0.116. The SMILES string of the molecule is C=C=CC1=C(C)C(=O)CCC1. The number of Topliss-reactive ketones (excluding diaryl/α,β-unsaturated/α-hetero) is 1. The first kappa shape index (κ1) is 8.03. The topological polar surface area (TPSA) is 17.1 Å². The molecule has 0 aromatic heterocycles. The molecule has 1 aliphatic rings. The first-order chi connectivity index (χ1) is 5.25. The minimum Gasteiger partial charge on any atom is -0.295 e. The molecule has 1 heteroatoms. The van der Waals surface area contributed by atoms with Gasteiger partial charge in [-0.05, 0) is 37.0 Å².